The van der Waals surface area contributed by atoms with Crippen molar-refractivity contribution >= 4 is 11.9 Å². The first kappa shape index (κ1) is 13.1. The lowest BCUT2D eigenvalue weighted by atomic mass is 10.1. The van der Waals surface area contributed by atoms with Gasteiger partial charge in [0.05, 0.1) is 6.61 Å². The standard InChI is InChI=1S/C10H15N3O4/c1-3-16-9(15)4-8(14)11-5-7(2)10-12-6-17-13-10/h6-7H,3-5H2,1-2H3,(H,11,14). The Morgan fingerprint density at radius 1 is 1.59 bits per heavy atom. The maximum absolute atomic E-state index is 11.3. The molecule has 0 aliphatic carbocycles. The molecule has 1 heterocycles. The number of nitrogens with zero attached hydrogens (tertiary/aromatic N) is 2. The van der Waals surface area contributed by atoms with Crippen LogP contribution >= 0.6 is 0 Å². The van der Waals surface area contributed by atoms with Crippen molar-refractivity contribution in [3.05, 3.63) is 12.2 Å². The minimum absolute atomic E-state index is 0.0695. The number of amides is 1. The van der Waals surface area contributed by atoms with E-state index in [9.17, 15) is 9.59 Å². The van der Waals surface area contributed by atoms with Crippen molar-refractivity contribution in [2.45, 2.75) is 26.2 Å². The van der Waals surface area contributed by atoms with Crippen LogP contribution < -0.4 is 5.32 Å². The molecule has 0 spiro atoms. The van der Waals surface area contributed by atoms with E-state index >= 15 is 0 Å². The molecule has 1 N–H and O–H groups in total. The highest BCUT2D eigenvalue weighted by atomic mass is 16.5. The monoisotopic (exact) mass is 241 g/mol. The second kappa shape index (κ2) is 6.62. The summed E-state index contributed by atoms with van der Waals surface area (Å²) in [5.41, 5.74) is 0. The molecular formula is C10H15N3O4. The average Bonchev–Trinajstić information content (AvgIpc) is 2.79. The highest BCUT2D eigenvalue weighted by Crippen LogP contribution is 2.07. The molecule has 0 radical (unpaired) electrons. The number of carbonyl (C=O) groups excluding carboxylic acids is 2. The zero-order chi connectivity index (χ0) is 12.7. The summed E-state index contributed by atoms with van der Waals surface area (Å²) in [6.07, 6.45) is 0.957. The van der Waals surface area contributed by atoms with Gasteiger partial charge in [0.25, 0.3) is 0 Å². The largest absolute Gasteiger partial charge is 0.466 e. The van der Waals surface area contributed by atoms with E-state index in [0.717, 1.165) is 0 Å². The van der Waals surface area contributed by atoms with Gasteiger partial charge in [-0.1, -0.05) is 12.1 Å². The summed E-state index contributed by atoms with van der Waals surface area (Å²) >= 11 is 0. The Morgan fingerprint density at radius 2 is 2.35 bits per heavy atom. The zero-order valence-corrected chi connectivity index (χ0v) is 9.80. The van der Waals surface area contributed by atoms with Gasteiger partial charge >= 0.3 is 5.97 Å². The number of aromatic nitrogens is 2. The summed E-state index contributed by atoms with van der Waals surface area (Å²) in [4.78, 5) is 26.2. The fraction of sp³-hybridized carbons (Fsp3) is 0.600. The maximum atomic E-state index is 11.3. The number of hydrogen-bond donors (Lipinski definition) is 1. The normalized spacial score (nSPS) is 11.9. The molecule has 0 saturated carbocycles. The second-order valence-corrected chi connectivity index (χ2v) is 3.48. The molecule has 17 heavy (non-hydrogen) atoms. The van der Waals surface area contributed by atoms with Gasteiger partial charge in [-0.15, -0.1) is 0 Å². The molecule has 0 aliphatic rings. The highest BCUT2D eigenvalue weighted by Gasteiger charge is 2.14. The third-order valence-corrected chi connectivity index (χ3v) is 2.03. The van der Waals surface area contributed by atoms with Gasteiger partial charge in [-0.3, -0.25) is 9.59 Å². The van der Waals surface area contributed by atoms with E-state index in [0.29, 0.717) is 12.4 Å². The Balaban J connectivity index is 2.26. The molecule has 1 aromatic rings. The lowest BCUT2D eigenvalue weighted by Crippen LogP contribution is -2.30. The van der Waals surface area contributed by atoms with E-state index in [2.05, 4.69) is 24.7 Å². The molecular weight excluding hydrogens is 226 g/mol. The summed E-state index contributed by atoms with van der Waals surface area (Å²) < 4.78 is 9.24. The first-order chi connectivity index (χ1) is 8.13. The summed E-state index contributed by atoms with van der Waals surface area (Å²) in [6, 6.07) is 0. The molecule has 0 bridgehead atoms. The first-order valence-corrected chi connectivity index (χ1v) is 5.32. The lowest BCUT2D eigenvalue weighted by Gasteiger charge is -2.08. The van der Waals surface area contributed by atoms with Crippen LogP contribution in [0.3, 0.4) is 0 Å². The van der Waals surface area contributed by atoms with Crippen LogP contribution in [0.15, 0.2) is 10.9 Å². The predicted octanol–water partition coefficient (Wildman–Crippen LogP) is 0.242. The molecule has 0 saturated heterocycles. The first-order valence-electron chi connectivity index (χ1n) is 5.32. The maximum Gasteiger partial charge on any atom is 0.315 e. The quantitative estimate of drug-likeness (QED) is 0.566. The summed E-state index contributed by atoms with van der Waals surface area (Å²) in [5.74, 6) is -0.461. The van der Waals surface area contributed by atoms with E-state index in [1.54, 1.807) is 6.92 Å². The van der Waals surface area contributed by atoms with Crippen LogP contribution in [0.4, 0.5) is 0 Å². The zero-order valence-electron chi connectivity index (χ0n) is 9.80. The van der Waals surface area contributed by atoms with Gasteiger partial charge in [0, 0.05) is 12.5 Å². The lowest BCUT2D eigenvalue weighted by molar-refractivity contribution is -0.145. The van der Waals surface area contributed by atoms with Crippen molar-refractivity contribution < 1.29 is 18.8 Å². The van der Waals surface area contributed by atoms with Gasteiger partial charge in [-0.25, -0.2) is 0 Å². The smallest absolute Gasteiger partial charge is 0.315 e. The predicted molar refractivity (Wildman–Crippen MR) is 57.0 cm³/mol. The number of rotatable bonds is 6. The van der Waals surface area contributed by atoms with Crippen LogP contribution in [0.5, 0.6) is 0 Å². The van der Waals surface area contributed by atoms with Crippen LogP contribution in [0.25, 0.3) is 0 Å². The summed E-state index contributed by atoms with van der Waals surface area (Å²) in [7, 11) is 0. The van der Waals surface area contributed by atoms with Gasteiger partial charge in [0.15, 0.2) is 5.82 Å². The van der Waals surface area contributed by atoms with E-state index < -0.39 is 5.97 Å². The number of hydrogen-bond acceptors (Lipinski definition) is 6. The van der Waals surface area contributed by atoms with E-state index in [-0.39, 0.29) is 24.9 Å². The molecule has 0 aromatic carbocycles. The van der Waals surface area contributed by atoms with Crippen molar-refractivity contribution in [2.75, 3.05) is 13.2 Å². The Kier molecular flexibility index (Phi) is 5.12. The van der Waals surface area contributed by atoms with Crippen molar-refractivity contribution in [2.24, 2.45) is 0 Å². The fourth-order valence-electron chi connectivity index (χ4n) is 1.16. The number of nitrogens with one attached hydrogen (secondary N) is 1. The van der Waals surface area contributed by atoms with Gasteiger partial charge < -0.3 is 14.6 Å². The molecule has 1 amide bonds. The van der Waals surface area contributed by atoms with E-state index in [1.165, 1.54) is 6.39 Å². The highest BCUT2D eigenvalue weighted by molar-refractivity contribution is 5.94. The van der Waals surface area contributed by atoms with E-state index in [4.69, 9.17) is 0 Å². The molecule has 94 valence electrons. The topological polar surface area (TPSA) is 94.3 Å². The van der Waals surface area contributed by atoms with Crippen molar-refractivity contribution in [3.8, 4) is 0 Å². The third kappa shape index (κ3) is 4.62. The molecule has 7 heteroatoms. The van der Waals surface area contributed by atoms with Crippen molar-refractivity contribution in [3.63, 3.8) is 0 Å². The fourth-order valence-corrected chi connectivity index (χ4v) is 1.16. The number of ether oxygens (including phenoxy) is 1. The molecule has 0 aliphatic heterocycles. The molecule has 1 atom stereocenters. The Morgan fingerprint density at radius 3 is 2.94 bits per heavy atom. The van der Waals surface area contributed by atoms with E-state index in [1.807, 2.05) is 6.92 Å². The van der Waals surface area contributed by atoms with Crippen molar-refractivity contribution in [1.29, 1.82) is 0 Å². The Labute approximate surface area is 98.5 Å². The number of carbonyl (C=O) groups is 2. The average molecular weight is 241 g/mol. The van der Waals surface area contributed by atoms with Crippen LogP contribution in [-0.4, -0.2) is 35.2 Å². The molecule has 0 fully saturated rings. The third-order valence-electron chi connectivity index (χ3n) is 2.03. The van der Waals surface area contributed by atoms with Crippen molar-refractivity contribution in [1.82, 2.24) is 15.5 Å². The molecule has 1 unspecified atom stereocenters. The minimum atomic E-state index is -0.530. The molecule has 1 aromatic heterocycles. The Bertz CT molecular complexity index is 364. The van der Waals surface area contributed by atoms with Gasteiger partial charge in [0.1, 0.15) is 6.42 Å². The molecule has 7 nitrogen and oxygen atoms in total. The molecule has 1 rings (SSSR count). The number of esters is 1. The summed E-state index contributed by atoms with van der Waals surface area (Å²) in [6.45, 7) is 4.15. The second-order valence-electron chi connectivity index (χ2n) is 3.48. The Hall–Kier alpha value is -1.92. The van der Waals surface area contributed by atoms with Crippen LogP contribution in [0.1, 0.15) is 32.0 Å². The van der Waals surface area contributed by atoms with Crippen LogP contribution in [-0.2, 0) is 14.3 Å². The summed E-state index contributed by atoms with van der Waals surface area (Å²) in [5, 5.41) is 6.25. The SMILES string of the molecule is CCOC(=O)CC(=O)NCC(C)c1ncon1. The van der Waals surface area contributed by atoms with Gasteiger partial charge in [0.2, 0.25) is 12.3 Å². The van der Waals surface area contributed by atoms with Crippen LogP contribution in [0, 0.1) is 0 Å². The van der Waals surface area contributed by atoms with Gasteiger partial charge in [-0.2, -0.15) is 4.98 Å². The van der Waals surface area contributed by atoms with Gasteiger partial charge in [-0.05, 0) is 6.92 Å². The minimum Gasteiger partial charge on any atom is -0.466 e. The van der Waals surface area contributed by atoms with Crippen LogP contribution in [0.2, 0.25) is 0 Å².